The van der Waals surface area contributed by atoms with Gasteiger partial charge in [-0.2, -0.15) is 0 Å². The van der Waals surface area contributed by atoms with Crippen LogP contribution in [0.2, 0.25) is 0 Å². The van der Waals surface area contributed by atoms with E-state index in [1.54, 1.807) is 71.8 Å². The van der Waals surface area contributed by atoms with Gasteiger partial charge in [0.25, 0.3) is 5.91 Å². The van der Waals surface area contributed by atoms with Crippen molar-refractivity contribution in [1.29, 1.82) is 0 Å². The van der Waals surface area contributed by atoms with E-state index in [1.165, 1.54) is 11.8 Å². The molecule has 6 rings (SSSR count). The van der Waals surface area contributed by atoms with Crippen LogP contribution in [0.15, 0.2) is 72.9 Å². The van der Waals surface area contributed by atoms with Gasteiger partial charge in [0.2, 0.25) is 11.8 Å². The van der Waals surface area contributed by atoms with E-state index in [0.29, 0.717) is 35.7 Å². The third-order valence-corrected chi connectivity index (χ3v) is 7.07. The summed E-state index contributed by atoms with van der Waals surface area (Å²) < 4.78 is 6.22. The van der Waals surface area contributed by atoms with Crippen LogP contribution in [0.1, 0.15) is 23.7 Å². The van der Waals surface area contributed by atoms with Crippen molar-refractivity contribution in [3.63, 3.8) is 0 Å². The minimum atomic E-state index is -0.466. The summed E-state index contributed by atoms with van der Waals surface area (Å²) in [5.41, 5.74) is 2.43. The highest BCUT2D eigenvalue weighted by atomic mass is 16.5. The van der Waals surface area contributed by atoms with E-state index in [4.69, 9.17) is 4.74 Å². The van der Waals surface area contributed by atoms with Crippen molar-refractivity contribution in [2.45, 2.75) is 25.4 Å². The van der Waals surface area contributed by atoms with Crippen molar-refractivity contribution in [3.8, 4) is 17.0 Å². The highest BCUT2D eigenvalue weighted by Gasteiger charge is 2.37. The van der Waals surface area contributed by atoms with Crippen molar-refractivity contribution < 1.29 is 23.9 Å². The molecule has 3 aliphatic rings. The number of fused-ring (bicyclic) bond motifs is 9. The van der Waals surface area contributed by atoms with Crippen LogP contribution in [0, 0.1) is 0 Å². The highest BCUT2D eigenvalue weighted by Crippen LogP contribution is 2.29. The average molecular weight is 557 g/mol. The van der Waals surface area contributed by atoms with E-state index in [-0.39, 0.29) is 56.0 Å². The van der Waals surface area contributed by atoms with Crippen molar-refractivity contribution in [2.75, 3.05) is 38.1 Å². The number of para-hydroxylation sites is 1. The Morgan fingerprint density at radius 1 is 1.00 bits per heavy atom. The topological polar surface area (TPSA) is 133 Å². The van der Waals surface area contributed by atoms with Crippen molar-refractivity contribution in [1.82, 2.24) is 25.4 Å². The molecule has 1 saturated heterocycles. The lowest BCUT2D eigenvalue weighted by Crippen LogP contribution is -2.49. The molecule has 0 spiro atoms. The maximum atomic E-state index is 13.7. The molecule has 11 heteroatoms. The van der Waals surface area contributed by atoms with Crippen LogP contribution in [-0.2, 0) is 9.59 Å². The highest BCUT2D eigenvalue weighted by molar-refractivity contribution is 5.95. The lowest BCUT2D eigenvalue weighted by Gasteiger charge is -2.29. The predicted octanol–water partition coefficient (Wildman–Crippen LogP) is 2.51. The van der Waals surface area contributed by atoms with Gasteiger partial charge in [-0.1, -0.05) is 30.3 Å². The molecule has 0 aliphatic carbocycles. The molecule has 2 atom stereocenters. The van der Waals surface area contributed by atoms with Gasteiger partial charge in [-0.15, -0.1) is 0 Å². The minimum absolute atomic E-state index is 0.105. The Hall–Kier alpha value is -4.93. The predicted molar refractivity (Wildman–Crippen MR) is 152 cm³/mol. The van der Waals surface area contributed by atoms with Crippen LogP contribution in [0.4, 0.5) is 10.5 Å². The average Bonchev–Trinajstić information content (AvgIpc) is 3.37. The minimum Gasteiger partial charge on any atom is -0.489 e. The summed E-state index contributed by atoms with van der Waals surface area (Å²) in [6, 6.07) is 18.5. The number of urea groups is 1. The molecule has 212 valence electrons. The first kappa shape index (κ1) is 27.6. The molecule has 3 aromatic rings. The fourth-order valence-electron chi connectivity index (χ4n) is 5.10. The lowest BCUT2D eigenvalue weighted by molar-refractivity contribution is -0.133. The van der Waals surface area contributed by atoms with Crippen molar-refractivity contribution in [3.05, 3.63) is 78.5 Å². The van der Waals surface area contributed by atoms with Gasteiger partial charge in [-0.25, -0.2) is 4.79 Å². The molecule has 2 bridgehead atoms. The zero-order valence-electron chi connectivity index (χ0n) is 22.7. The summed E-state index contributed by atoms with van der Waals surface area (Å²) in [5.74, 6) is -0.237. The molecular formula is C30H32N6O5. The Morgan fingerprint density at radius 2 is 1.76 bits per heavy atom. The molecular weight excluding hydrogens is 524 g/mol. The second kappa shape index (κ2) is 12.5. The van der Waals surface area contributed by atoms with E-state index in [9.17, 15) is 19.2 Å². The smallest absolute Gasteiger partial charge is 0.322 e. The van der Waals surface area contributed by atoms with E-state index in [1.807, 2.05) is 6.07 Å². The van der Waals surface area contributed by atoms with E-state index < -0.39 is 6.03 Å². The molecule has 4 heterocycles. The Kier molecular flexibility index (Phi) is 8.42. The fourth-order valence-corrected chi connectivity index (χ4v) is 5.10. The number of anilines is 1. The van der Waals surface area contributed by atoms with Gasteiger partial charge < -0.3 is 30.5 Å². The number of ether oxygens (including phenoxy) is 1. The number of hydrogen-bond donors (Lipinski definition) is 3. The molecule has 0 radical (unpaired) electrons. The molecule has 1 aromatic heterocycles. The number of carbonyl (C=O) groups is 4. The third kappa shape index (κ3) is 6.81. The molecule has 5 amide bonds. The number of nitrogens with one attached hydrogen (secondary N) is 3. The Balaban J connectivity index is 1.44. The normalized spacial score (nSPS) is 19.3. The van der Waals surface area contributed by atoms with Gasteiger partial charge in [0.1, 0.15) is 24.6 Å². The second-order valence-corrected chi connectivity index (χ2v) is 10.0. The number of carbonyl (C=O) groups excluding carboxylic acids is 4. The van der Waals surface area contributed by atoms with E-state index in [2.05, 4.69) is 20.9 Å². The van der Waals surface area contributed by atoms with E-state index in [0.717, 1.165) is 5.56 Å². The first-order valence-electron chi connectivity index (χ1n) is 13.5. The summed E-state index contributed by atoms with van der Waals surface area (Å²) in [6.45, 7) is 1.93. The summed E-state index contributed by atoms with van der Waals surface area (Å²) in [4.78, 5) is 59.1. The van der Waals surface area contributed by atoms with Gasteiger partial charge in [0, 0.05) is 55.6 Å². The van der Waals surface area contributed by atoms with E-state index >= 15 is 0 Å². The summed E-state index contributed by atoms with van der Waals surface area (Å²) in [6.07, 6.45) is 2.17. The van der Waals surface area contributed by atoms with Gasteiger partial charge >= 0.3 is 6.03 Å². The molecule has 3 N–H and O–H groups in total. The number of pyridine rings is 1. The maximum absolute atomic E-state index is 13.7. The van der Waals surface area contributed by atoms with Gasteiger partial charge in [0.05, 0.1) is 6.04 Å². The zero-order valence-corrected chi connectivity index (χ0v) is 22.7. The van der Waals surface area contributed by atoms with Gasteiger partial charge in [0.15, 0.2) is 0 Å². The molecule has 3 aliphatic heterocycles. The number of aromatic nitrogens is 1. The number of hydrogen-bond acceptors (Lipinski definition) is 6. The SMILES string of the molecule is CC(=O)N[C@H]1C[C@H]2COc3cccnc3-c3ccc(cc3)C(=O)NCCN(C(=O)Nc3ccccc3)CC(=O)N2C1. The lowest BCUT2D eigenvalue weighted by atomic mass is 10.1. The van der Waals surface area contributed by atoms with Gasteiger partial charge in [-0.05, 0) is 42.8 Å². The van der Waals surface area contributed by atoms with Crippen LogP contribution < -0.4 is 20.7 Å². The summed E-state index contributed by atoms with van der Waals surface area (Å²) >= 11 is 0. The summed E-state index contributed by atoms with van der Waals surface area (Å²) in [7, 11) is 0. The molecule has 0 saturated carbocycles. The number of benzene rings is 2. The first-order valence-corrected chi connectivity index (χ1v) is 13.5. The molecule has 2 aromatic carbocycles. The molecule has 11 nitrogen and oxygen atoms in total. The Labute approximate surface area is 237 Å². The van der Waals surface area contributed by atoms with Crippen LogP contribution >= 0.6 is 0 Å². The van der Waals surface area contributed by atoms with Crippen molar-refractivity contribution in [2.24, 2.45) is 0 Å². The molecule has 41 heavy (non-hydrogen) atoms. The van der Waals surface area contributed by atoms with Crippen molar-refractivity contribution >= 4 is 29.4 Å². The van der Waals surface area contributed by atoms with Crippen LogP contribution in [0.25, 0.3) is 11.3 Å². The number of rotatable bonds is 2. The number of amides is 5. The quantitative estimate of drug-likeness (QED) is 0.444. The fraction of sp³-hybridized carbons (Fsp3) is 0.300. The molecule has 1 fully saturated rings. The second-order valence-electron chi connectivity index (χ2n) is 10.0. The largest absolute Gasteiger partial charge is 0.489 e. The first-order chi connectivity index (χ1) is 19.9. The van der Waals surface area contributed by atoms with Crippen LogP contribution in [0.3, 0.4) is 0 Å². The van der Waals surface area contributed by atoms with Gasteiger partial charge in [-0.3, -0.25) is 19.4 Å². The third-order valence-electron chi connectivity index (χ3n) is 7.07. The van der Waals surface area contributed by atoms with Crippen LogP contribution in [-0.4, -0.2) is 83.4 Å². The Bertz CT molecular complexity index is 1410. The Morgan fingerprint density at radius 3 is 2.51 bits per heavy atom. The monoisotopic (exact) mass is 556 g/mol. The van der Waals surface area contributed by atoms with Crippen LogP contribution in [0.5, 0.6) is 5.75 Å². The number of nitrogens with zero attached hydrogens (tertiary/aromatic N) is 3. The zero-order chi connectivity index (χ0) is 28.8. The summed E-state index contributed by atoms with van der Waals surface area (Å²) in [5, 5.41) is 8.56. The standard InChI is InChI=1S/C30H32N6O5/c1-20(37)33-24-16-25-19-41-26-8-5-13-31-28(26)21-9-11-22(12-10-21)29(39)32-14-15-35(18-27(38)36(25)17-24)30(40)34-23-6-3-2-4-7-23/h2-13,24-25H,14-19H2,1H3,(H,32,39)(H,33,37)(H,34,40)/t24-,25-/m0/s1. The maximum Gasteiger partial charge on any atom is 0.322 e. The molecule has 0 unspecified atom stereocenters.